The van der Waals surface area contributed by atoms with Gasteiger partial charge in [-0.3, -0.25) is 9.69 Å². The molecule has 1 aliphatic heterocycles. The minimum atomic E-state index is -0.135. The summed E-state index contributed by atoms with van der Waals surface area (Å²) in [7, 11) is 2.08. The molecule has 4 rings (SSSR count). The second kappa shape index (κ2) is 24.4. The van der Waals surface area contributed by atoms with Crippen molar-refractivity contribution in [3.8, 4) is 0 Å². The van der Waals surface area contributed by atoms with Gasteiger partial charge in [0.2, 0.25) is 6.41 Å². The highest BCUT2D eigenvalue weighted by molar-refractivity contribution is 5.71. The maximum absolute atomic E-state index is 14.0. The summed E-state index contributed by atoms with van der Waals surface area (Å²) in [4.78, 5) is 21.3. The van der Waals surface area contributed by atoms with Crippen LogP contribution in [0, 0.1) is 29.5 Å². The molecule has 1 amide bonds. The first-order chi connectivity index (χ1) is 21.7. The quantitative estimate of drug-likeness (QED) is 0.132. The topological polar surface area (TPSA) is 75.8 Å². The average molecular weight is 618 g/mol. The van der Waals surface area contributed by atoms with Crippen molar-refractivity contribution >= 4 is 12.0 Å². The van der Waals surface area contributed by atoms with Gasteiger partial charge >= 0.3 is 0 Å². The zero-order valence-corrected chi connectivity index (χ0v) is 28.8. The first kappa shape index (κ1) is 41.1. The number of halogens is 1. The number of primary amides is 1. The van der Waals surface area contributed by atoms with Gasteiger partial charge in [0.1, 0.15) is 11.5 Å². The Labute approximate surface area is 272 Å². The molecule has 1 aliphatic carbocycles. The van der Waals surface area contributed by atoms with Crippen molar-refractivity contribution in [2.24, 2.45) is 22.7 Å². The summed E-state index contributed by atoms with van der Waals surface area (Å²) >= 11 is 0. The van der Waals surface area contributed by atoms with E-state index in [4.69, 9.17) is 4.79 Å². The highest BCUT2D eigenvalue weighted by Gasteiger charge is 2.29. The molecule has 2 aromatic carbocycles. The number of hydrogen-bond donors (Lipinski definition) is 1. The largest absolute Gasteiger partial charge is 0.372 e. The molecule has 45 heavy (non-hydrogen) atoms. The summed E-state index contributed by atoms with van der Waals surface area (Å²) in [5, 5.41) is 2.94. The molecule has 0 bridgehead atoms. The molecule has 2 atom stereocenters. The molecule has 1 fully saturated rings. The van der Waals surface area contributed by atoms with E-state index in [1.165, 1.54) is 30.4 Å². The van der Waals surface area contributed by atoms with E-state index in [-0.39, 0.29) is 18.3 Å². The number of carbonyl (C=O) groups is 1. The lowest BCUT2D eigenvalue weighted by molar-refractivity contribution is -0.106. The summed E-state index contributed by atoms with van der Waals surface area (Å²) < 4.78 is 14.0. The number of nitrogens with two attached hydrogens (primary N) is 1. The molecular weight excluding hydrogens is 561 g/mol. The van der Waals surface area contributed by atoms with Crippen LogP contribution in [0.1, 0.15) is 90.0 Å². The summed E-state index contributed by atoms with van der Waals surface area (Å²) in [5.41, 5.74) is 10.0. The minimum Gasteiger partial charge on any atom is -0.372 e. The van der Waals surface area contributed by atoms with Gasteiger partial charge in [0.15, 0.2) is 0 Å². The number of nitroso groups, excluding NO2 is 1. The van der Waals surface area contributed by atoms with Crippen LogP contribution in [0.25, 0.3) is 5.57 Å². The highest BCUT2D eigenvalue weighted by atomic mass is 19.1. The molecule has 246 valence electrons. The molecule has 5 nitrogen and oxygen atoms in total. The van der Waals surface area contributed by atoms with E-state index in [9.17, 15) is 9.30 Å². The number of carbonyl (C=O) groups excluding carboxylic acids is 1. The zero-order chi connectivity index (χ0) is 34.2. The van der Waals surface area contributed by atoms with Crippen LogP contribution in [-0.2, 0) is 4.79 Å². The Morgan fingerprint density at radius 1 is 1.09 bits per heavy atom. The van der Waals surface area contributed by atoms with Crippen molar-refractivity contribution in [1.82, 2.24) is 4.90 Å². The van der Waals surface area contributed by atoms with Gasteiger partial charge in [-0.15, -0.1) is 11.5 Å². The molecule has 2 aromatic rings. The van der Waals surface area contributed by atoms with Gasteiger partial charge < -0.3 is 5.73 Å². The Morgan fingerprint density at radius 2 is 1.69 bits per heavy atom. The van der Waals surface area contributed by atoms with Crippen LogP contribution in [0.2, 0.25) is 0 Å². The molecule has 1 heterocycles. The maximum Gasteiger partial charge on any atom is 0.204 e. The van der Waals surface area contributed by atoms with Crippen LogP contribution in [-0.4, -0.2) is 24.9 Å². The number of rotatable bonds is 9. The molecule has 2 N–H and O–H groups in total. The summed E-state index contributed by atoms with van der Waals surface area (Å²) in [5.74, 6) is 1.26. The number of allylic oxidation sites excluding steroid dienone is 6. The fourth-order valence-electron chi connectivity index (χ4n) is 4.69. The Bertz CT molecular complexity index is 1260. The highest BCUT2D eigenvalue weighted by Crippen LogP contribution is 2.40. The fraction of sp³-hybridized carbons (Fsp3) is 0.410. The van der Waals surface area contributed by atoms with Crippen LogP contribution < -0.4 is 5.73 Å². The Hall–Kier alpha value is -3.90. The lowest BCUT2D eigenvalue weighted by Crippen LogP contribution is -2.19. The van der Waals surface area contributed by atoms with Gasteiger partial charge in [0.25, 0.3) is 0 Å². The third-order valence-electron chi connectivity index (χ3n) is 7.10. The molecule has 0 aromatic heterocycles. The van der Waals surface area contributed by atoms with Crippen LogP contribution >= 0.6 is 0 Å². The molecule has 0 spiro atoms. The smallest absolute Gasteiger partial charge is 0.204 e. The third-order valence-corrected chi connectivity index (χ3v) is 7.10. The Kier molecular flexibility index (Phi) is 22.3. The zero-order valence-electron chi connectivity index (χ0n) is 28.8. The van der Waals surface area contributed by atoms with Gasteiger partial charge in [-0.25, -0.2) is 4.39 Å². The molecule has 2 aliphatic rings. The maximum atomic E-state index is 14.0. The first-order valence-electron chi connectivity index (χ1n) is 16.1. The van der Waals surface area contributed by atoms with Crippen molar-refractivity contribution in [1.29, 1.82) is 0 Å². The molecule has 2 unspecified atom stereocenters. The second-order valence-corrected chi connectivity index (χ2v) is 10.7. The first-order valence-corrected chi connectivity index (χ1v) is 16.1. The van der Waals surface area contributed by atoms with E-state index < -0.39 is 0 Å². The lowest BCUT2D eigenvalue weighted by Gasteiger charge is -2.19. The molecule has 6 heteroatoms. The molecule has 0 saturated heterocycles. The number of likely N-dealkylation sites (N-methyl/N-ethyl adjacent to an activating group) is 1. The van der Waals surface area contributed by atoms with Gasteiger partial charge in [-0.05, 0) is 93.4 Å². The predicted molar refractivity (Wildman–Crippen MR) is 192 cm³/mol. The van der Waals surface area contributed by atoms with Crippen molar-refractivity contribution in [3.63, 3.8) is 0 Å². The summed E-state index contributed by atoms with van der Waals surface area (Å²) in [6, 6.07) is 15.9. The van der Waals surface area contributed by atoms with Gasteiger partial charge in [-0.1, -0.05) is 112 Å². The standard InChI is InChI=1S/C18H18FN.C15H21NO.C3H8.C2H6.CH3NO/c1-13-8-9-17(19)16(10-13)15-11-18(20(2)12-15)14-6-4-3-5-7-14;1-4-12(7-10-15(6-3)16-17)11-13(5-2)14-8-9-14;1-3-2;1-2;2-1-3/h3-11,18H,12H2,1-2H3;4-7,10,13-14H,2,8-9,11H2,1,3H3;3H2,1-2H3;1-2H3;1H,(H2,2,3)/b;10-7-,12-4+,15-6+;;;. The second-order valence-electron chi connectivity index (χ2n) is 10.7. The third kappa shape index (κ3) is 15.6. The number of hydrogen-bond acceptors (Lipinski definition) is 4. The molecule has 1 saturated carbocycles. The van der Waals surface area contributed by atoms with Crippen molar-refractivity contribution in [2.45, 2.75) is 80.2 Å². The van der Waals surface area contributed by atoms with Crippen molar-refractivity contribution in [2.75, 3.05) is 13.6 Å². The van der Waals surface area contributed by atoms with Crippen LogP contribution in [0.5, 0.6) is 0 Å². The van der Waals surface area contributed by atoms with Crippen LogP contribution in [0.3, 0.4) is 0 Å². The fourth-order valence-corrected chi connectivity index (χ4v) is 4.69. The van der Waals surface area contributed by atoms with Gasteiger partial charge in [0.05, 0.1) is 6.04 Å². The summed E-state index contributed by atoms with van der Waals surface area (Å²) in [6.45, 7) is 18.8. The monoisotopic (exact) mass is 617 g/mol. The van der Waals surface area contributed by atoms with E-state index in [2.05, 4.69) is 73.6 Å². The van der Waals surface area contributed by atoms with Crippen LogP contribution in [0.4, 0.5) is 4.39 Å². The Morgan fingerprint density at radius 3 is 2.18 bits per heavy atom. The van der Waals surface area contributed by atoms with E-state index in [1.807, 2.05) is 71.0 Å². The van der Waals surface area contributed by atoms with Gasteiger partial charge in [0, 0.05) is 12.1 Å². The molecular formula is C39H56FN3O2. The number of aryl methyl sites for hydroxylation is 1. The number of nitrogens with zero attached hydrogens (tertiary/aromatic N) is 2. The molecule has 0 radical (unpaired) electrons. The SMILES string of the molecule is C=CC(CC(/C=C\C(=C/C)N=O)=C/C)C1CC1.CC.CCC.Cc1ccc(F)c(C2=CC(c3ccccc3)N(C)C2)c1.NC=O. The normalized spacial score (nSPS) is 16.6. The van der Waals surface area contributed by atoms with E-state index in [1.54, 1.807) is 18.2 Å². The minimum absolute atomic E-state index is 0.135. The number of benzene rings is 2. The van der Waals surface area contributed by atoms with Crippen molar-refractivity contribution < 1.29 is 9.18 Å². The predicted octanol–water partition coefficient (Wildman–Crippen LogP) is 10.5. The van der Waals surface area contributed by atoms with E-state index in [0.717, 1.165) is 35.6 Å². The summed E-state index contributed by atoms with van der Waals surface area (Å²) in [6.07, 6.45) is 17.0. The number of amides is 1. The van der Waals surface area contributed by atoms with E-state index in [0.29, 0.717) is 11.6 Å². The van der Waals surface area contributed by atoms with Crippen molar-refractivity contribution in [3.05, 3.63) is 130 Å². The average Bonchev–Trinajstić information content (AvgIpc) is 3.83. The van der Waals surface area contributed by atoms with Crippen LogP contribution in [0.15, 0.2) is 108 Å². The van der Waals surface area contributed by atoms with Gasteiger partial charge in [-0.2, -0.15) is 0 Å². The van der Waals surface area contributed by atoms with E-state index >= 15 is 0 Å². The lowest BCUT2D eigenvalue weighted by atomic mass is 9.94. The Balaban J connectivity index is 0.000000706.